The van der Waals surface area contributed by atoms with Crippen molar-refractivity contribution in [1.82, 2.24) is 0 Å². The Bertz CT molecular complexity index is 617. The van der Waals surface area contributed by atoms with Crippen LogP contribution in [0, 0.1) is 35.5 Å². The van der Waals surface area contributed by atoms with E-state index in [0.29, 0.717) is 5.92 Å². The molecule has 1 aromatic carbocycles. The lowest BCUT2D eigenvalue weighted by atomic mass is 9.80. The summed E-state index contributed by atoms with van der Waals surface area (Å²) in [4.78, 5) is 0. The smallest absolute Gasteiger partial charge is 0.0249 e. The Morgan fingerprint density at radius 1 is 0.917 bits per heavy atom. The summed E-state index contributed by atoms with van der Waals surface area (Å²) in [6.45, 7) is 4.49. The zero-order valence-corrected chi connectivity index (χ0v) is 15.3. The molecular weight excluding hydrogens is 288 g/mol. The van der Waals surface area contributed by atoms with Crippen LogP contribution >= 0.6 is 0 Å². The molecule has 0 saturated heterocycles. The topological polar surface area (TPSA) is 0 Å². The Labute approximate surface area is 148 Å². The molecule has 1 aromatic rings. The van der Waals surface area contributed by atoms with Crippen LogP contribution in [0.15, 0.2) is 36.4 Å². The van der Waals surface area contributed by atoms with E-state index in [2.05, 4.69) is 61.8 Å². The highest BCUT2D eigenvalue weighted by Gasteiger charge is 2.18. The lowest BCUT2D eigenvalue weighted by Gasteiger charge is -2.25. The molecule has 2 rings (SSSR count). The quantitative estimate of drug-likeness (QED) is 0.583. The van der Waals surface area contributed by atoms with E-state index in [9.17, 15) is 0 Å². The van der Waals surface area contributed by atoms with E-state index in [0.717, 1.165) is 17.9 Å². The molecule has 1 saturated carbocycles. The molecule has 0 heteroatoms. The average molecular weight is 319 g/mol. The SMILES string of the molecule is CCCc1ccc(C#C/C=C/C#CC2CCC(CCC)CC2)cc1. The molecule has 24 heavy (non-hydrogen) atoms. The van der Waals surface area contributed by atoms with Crippen molar-refractivity contribution in [2.24, 2.45) is 11.8 Å². The van der Waals surface area contributed by atoms with Gasteiger partial charge < -0.3 is 0 Å². The number of rotatable bonds is 4. The molecule has 0 heterocycles. The summed E-state index contributed by atoms with van der Waals surface area (Å²) in [5.41, 5.74) is 2.46. The number of benzene rings is 1. The molecule has 0 radical (unpaired) electrons. The summed E-state index contributed by atoms with van der Waals surface area (Å²) in [6.07, 6.45) is 14.1. The van der Waals surface area contributed by atoms with E-state index in [1.54, 1.807) is 0 Å². The van der Waals surface area contributed by atoms with Gasteiger partial charge in [-0.2, -0.15) is 0 Å². The lowest BCUT2D eigenvalue weighted by molar-refractivity contribution is 0.300. The number of aryl methyl sites for hydroxylation is 1. The zero-order valence-electron chi connectivity index (χ0n) is 15.3. The molecule has 0 spiro atoms. The third kappa shape index (κ3) is 6.68. The number of hydrogen-bond acceptors (Lipinski definition) is 0. The van der Waals surface area contributed by atoms with Gasteiger partial charge in [-0.3, -0.25) is 0 Å². The highest BCUT2D eigenvalue weighted by molar-refractivity contribution is 5.39. The molecule has 126 valence electrons. The van der Waals surface area contributed by atoms with Crippen LogP contribution in [0.1, 0.15) is 69.9 Å². The van der Waals surface area contributed by atoms with Crippen LogP contribution < -0.4 is 0 Å². The van der Waals surface area contributed by atoms with E-state index in [-0.39, 0.29) is 0 Å². The third-order valence-electron chi connectivity index (χ3n) is 4.79. The van der Waals surface area contributed by atoms with E-state index in [1.165, 1.54) is 50.5 Å². The van der Waals surface area contributed by atoms with Crippen molar-refractivity contribution in [1.29, 1.82) is 0 Å². The summed E-state index contributed by atoms with van der Waals surface area (Å²) in [6, 6.07) is 8.55. The molecular formula is C24H30. The Hall–Kier alpha value is -1.92. The van der Waals surface area contributed by atoms with Gasteiger partial charge in [-0.1, -0.05) is 68.9 Å². The minimum Gasteiger partial charge on any atom is -0.0951 e. The van der Waals surface area contributed by atoms with Crippen molar-refractivity contribution in [2.75, 3.05) is 0 Å². The second-order valence-corrected chi connectivity index (χ2v) is 6.84. The van der Waals surface area contributed by atoms with Crippen molar-refractivity contribution >= 4 is 0 Å². The maximum absolute atomic E-state index is 3.40. The minimum atomic E-state index is 0.599. The van der Waals surface area contributed by atoms with Gasteiger partial charge in [0.1, 0.15) is 0 Å². The largest absolute Gasteiger partial charge is 0.0951 e. The third-order valence-corrected chi connectivity index (χ3v) is 4.79. The molecule has 0 unspecified atom stereocenters. The van der Waals surface area contributed by atoms with E-state index in [4.69, 9.17) is 0 Å². The van der Waals surface area contributed by atoms with Gasteiger partial charge in [0.15, 0.2) is 0 Å². The molecule has 1 fully saturated rings. The van der Waals surface area contributed by atoms with Gasteiger partial charge in [0.05, 0.1) is 0 Å². The predicted octanol–water partition coefficient (Wildman–Crippen LogP) is 6.16. The van der Waals surface area contributed by atoms with E-state index >= 15 is 0 Å². The molecule has 0 nitrogen and oxygen atoms in total. The Morgan fingerprint density at radius 3 is 2.29 bits per heavy atom. The first-order valence-electron chi connectivity index (χ1n) is 9.58. The first kappa shape index (κ1) is 18.4. The zero-order chi connectivity index (χ0) is 17.0. The average Bonchev–Trinajstić information content (AvgIpc) is 2.61. The summed E-state index contributed by atoms with van der Waals surface area (Å²) in [5.74, 6) is 14.4. The first-order chi connectivity index (χ1) is 11.8. The van der Waals surface area contributed by atoms with Crippen LogP contribution in [0.3, 0.4) is 0 Å². The minimum absolute atomic E-state index is 0.599. The van der Waals surface area contributed by atoms with Crippen LogP contribution in [0.2, 0.25) is 0 Å². The van der Waals surface area contributed by atoms with Crippen molar-refractivity contribution < 1.29 is 0 Å². The van der Waals surface area contributed by atoms with Gasteiger partial charge in [-0.25, -0.2) is 0 Å². The molecule has 1 aliphatic rings. The Balaban J connectivity index is 1.76. The second kappa shape index (κ2) is 10.8. The second-order valence-electron chi connectivity index (χ2n) is 6.84. The Morgan fingerprint density at radius 2 is 1.62 bits per heavy atom. The van der Waals surface area contributed by atoms with Gasteiger partial charge in [-0.05, 0) is 67.9 Å². The fourth-order valence-corrected chi connectivity index (χ4v) is 3.42. The van der Waals surface area contributed by atoms with Crippen molar-refractivity contribution in [3.8, 4) is 23.7 Å². The van der Waals surface area contributed by atoms with Crippen LogP contribution in [0.25, 0.3) is 0 Å². The maximum Gasteiger partial charge on any atom is 0.0249 e. The van der Waals surface area contributed by atoms with Gasteiger partial charge in [0.25, 0.3) is 0 Å². The van der Waals surface area contributed by atoms with Crippen molar-refractivity contribution in [2.45, 2.75) is 65.2 Å². The fourth-order valence-electron chi connectivity index (χ4n) is 3.42. The highest BCUT2D eigenvalue weighted by Crippen LogP contribution is 2.30. The van der Waals surface area contributed by atoms with Crippen molar-refractivity contribution in [3.05, 3.63) is 47.5 Å². The van der Waals surface area contributed by atoms with Crippen LogP contribution in [0.4, 0.5) is 0 Å². The van der Waals surface area contributed by atoms with Gasteiger partial charge >= 0.3 is 0 Å². The van der Waals surface area contributed by atoms with Gasteiger partial charge in [-0.15, -0.1) is 0 Å². The summed E-state index contributed by atoms with van der Waals surface area (Å²) in [7, 11) is 0. The van der Waals surface area contributed by atoms with Crippen LogP contribution in [0.5, 0.6) is 0 Å². The number of allylic oxidation sites excluding steroid dienone is 2. The van der Waals surface area contributed by atoms with Gasteiger partial charge in [0, 0.05) is 11.5 Å². The van der Waals surface area contributed by atoms with E-state index < -0.39 is 0 Å². The van der Waals surface area contributed by atoms with Crippen molar-refractivity contribution in [3.63, 3.8) is 0 Å². The normalized spacial score (nSPS) is 20.1. The fraction of sp³-hybridized carbons (Fsp3) is 0.500. The lowest BCUT2D eigenvalue weighted by Crippen LogP contribution is -2.12. The molecule has 0 amide bonds. The highest BCUT2D eigenvalue weighted by atomic mass is 14.2. The maximum atomic E-state index is 3.40. The van der Waals surface area contributed by atoms with Gasteiger partial charge in [0.2, 0.25) is 0 Å². The Kier molecular flexibility index (Phi) is 8.27. The predicted molar refractivity (Wildman–Crippen MR) is 105 cm³/mol. The molecule has 0 bridgehead atoms. The molecule has 0 aliphatic heterocycles. The summed E-state index contributed by atoms with van der Waals surface area (Å²) in [5, 5.41) is 0. The molecule has 0 aromatic heterocycles. The van der Waals surface area contributed by atoms with Crippen LogP contribution in [-0.2, 0) is 6.42 Å². The van der Waals surface area contributed by atoms with E-state index in [1.807, 2.05) is 12.2 Å². The summed E-state index contributed by atoms with van der Waals surface area (Å²) >= 11 is 0. The molecule has 0 N–H and O–H groups in total. The van der Waals surface area contributed by atoms with Crippen LogP contribution in [-0.4, -0.2) is 0 Å². The number of hydrogen-bond donors (Lipinski definition) is 0. The standard InChI is InChI=1S/C24H30/c1-3-9-21-13-17-23(18-14-21)11-7-5-6-8-12-24-19-15-22(10-4-2)16-20-24/h5-6,13-14,17-18,22,24H,3-4,9-10,15-16,19-20H2,1-2H3/b6-5+. The summed E-state index contributed by atoms with van der Waals surface area (Å²) < 4.78 is 0. The monoisotopic (exact) mass is 318 g/mol. The molecule has 0 atom stereocenters. The first-order valence-corrected chi connectivity index (χ1v) is 9.58. The molecule has 1 aliphatic carbocycles.